The molecule has 0 unspecified atom stereocenters. The molecule has 2 aromatic carbocycles. The third-order valence-electron chi connectivity index (χ3n) is 3.32. The van der Waals surface area contributed by atoms with E-state index in [1.807, 2.05) is 19.1 Å². The first-order valence-electron chi connectivity index (χ1n) is 7.63. The molecule has 0 bridgehead atoms. The minimum atomic E-state index is -0.193. The van der Waals surface area contributed by atoms with Gasteiger partial charge in [-0.2, -0.15) is 0 Å². The minimum absolute atomic E-state index is 0.193. The van der Waals surface area contributed by atoms with Crippen molar-refractivity contribution in [2.45, 2.75) is 6.92 Å². The number of amides is 1. The van der Waals surface area contributed by atoms with Crippen LogP contribution in [0.1, 0.15) is 12.5 Å². The maximum absolute atomic E-state index is 12.3. The van der Waals surface area contributed by atoms with Gasteiger partial charge in [0, 0.05) is 15.1 Å². The zero-order valence-electron chi connectivity index (χ0n) is 13.6. The van der Waals surface area contributed by atoms with Crippen molar-refractivity contribution in [1.82, 2.24) is 5.32 Å². The van der Waals surface area contributed by atoms with Gasteiger partial charge >= 0.3 is 0 Å². The monoisotopic (exact) mass is 514 g/mol. The molecule has 2 aromatic rings. The van der Waals surface area contributed by atoms with Crippen molar-refractivity contribution in [2.24, 2.45) is 4.99 Å². The molecule has 0 aliphatic carbocycles. The van der Waals surface area contributed by atoms with Crippen LogP contribution < -0.4 is 10.1 Å². The fourth-order valence-electron chi connectivity index (χ4n) is 2.24. The predicted octanol–water partition coefficient (Wildman–Crippen LogP) is 6.16. The summed E-state index contributed by atoms with van der Waals surface area (Å²) < 4.78 is 7.41. The number of hydrogen-bond acceptors (Lipinski definition) is 4. The number of halogens is 3. The number of ether oxygens (including phenoxy) is 1. The molecule has 1 N–H and O–H groups in total. The molecular weight excluding hydrogens is 504 g/mol. The van der Waals surface area contributed by atoms with Gasteiger partial charge in [-0.3, -0.25) is 4.79 Å². The molecule has 1 heterocycles. The summed E-state index contributed by atoms with van der Waals surface area (Å²) in [6.07, 6.45) is 1.80. The topological polar surface area (TPSA) is 50.7 Å². The third-order valence-corrected chi connectivity index (χ3v) is 5.53. The molecule has 3 rings (SSSR count). The second-order valence-corrected chi connectivity index (χ2v) is 8.43. The van der Waals surface area contributed by atoms with Crippen molar-refractivity contribution in [3.05, 3.63) is 60.8 Å². The molecule has 1 amide bonds. The second-order valence-electron chi connectivity index (χ2n) is 5.20. The summed E-state index contributed by atoms with van der Waals surface area (Å²) in [6, 6.07) is 10.9. The van der Waals surface area contributed by atoms with E-state index in [9.17, 15) is 4.79 Å². The van der Waals surface area contributed by atoms with Gasteiger partial charge in [-0.1, -0.05) is 27.5 Å². The molecule has 0 atom stereocenters. The Balaban J connectivity index is 1.91. The molecule has 134 valence electrons. The van der Waals surface area contributed by atoms with Crippen LogP contribution in [0, 0.1) is 0 Å². The van der Waals surface area contributed by atoms with Crippen LogP contribution in [0.4, 0.5) is 5.69 Å². The maximum atomic E-state index is 12.3. The molecule has 1 aliphatic rings. The van der Waals surface area contributed by atoms with E-state index in [4.69, 9.17) is 16.3 Å². The van der Waals surface area contributed by atoms with Crippen LogP contribution in [0.2, 0.25) is 5.02 Å². The average Bonchev–Trinajstić information content (AvgIpc) is 2.92. The Kier molecular flexibility index (Phi) is 6.45. The Bertz CT molecular complexity index is 914. The summed E-state index contributed by atoms with van der Waals surface area (Å²) in [7, 11) is 0. The Labute approximate surface area is 177 Å². The zero-order chi connectivity index (χ0) is 18.7. The van der Waals surface area contributed by atoms with Gasteiger partial charge in [0.1, 0.15) is 5.75 Å². The highest BCUT2D eigenvalue weighted by molar-refractivity contribution is 9.11. The summed E-state index contributed by atoms with van der Waals surface area (Å²) in [5.41, 5.74) is 1.53. The van der Waals surface area contributed by atoms with E-state index in [-0.39, 0.29) is 5.91 Å². The van der Waals surface area contributed by atoms with Crippen molar-refractivity contribution in [3.8, 4) is 5.75 Å². The van der Waals surface area contributed by atoms with Gasteiger partial charge in [-0.15, -0.1) is 0 Å². The lowest BCUT2D eigenvalue weighted by atomic mass is 10.2. The van der Waals surface area contributed by atoms with E-state index < -0.39 is 0 Å². The van der Waals surface area contributed by atoms with Crippen molar-refractivity contribution in [2.75, 3.05) is 6.61 Å². The highest BCUT2D eigenvalue weighted by Gasteiger charge is 2.24. The third kappa shape index (κ3) is 4.71. The number of carbonyl (C=O) groups is 1. The molecule has 1 aliphatic heterocycles. The smallest absolute Gasteiger partial charge is 0.264 e. The first kappa shape index (κ1) is 19.5. The van der Waals surface area contributed by atoms with Crippen molar-refractivity contribution < 1.29 is 9.53 Å². The normalized spacial score (nSPS) is 17.0. The molecule has 0 radical (unpaired) electrons. The van der Waals surface area contributed by atoms with Crippen molar-refractivity contribution in [3.63, 3.8) is 0 Å². The second kappa shape index (κ2) is 8.61. The standard InChI is InChI=1S/C18H13Br2ClN2O2S/c1-2-25-16-10(7-11(19)9-14(16)20)8-15-17(24)23-18(26-15)22-13-5-3-12(21)4-6-13/h3-9H,2H2,1H3,(H,22,23,24)/b15-8-. The number of thioether (sulfide) groups is 1. The molecule has 4 nitrogen and oxygen atoms in total. The Morgan fingerprint density at radius 3 is 2.69 bits per heavy atom. The fraction of sp³-hybridized carbons (Fsp3) is 0.111. The van der Waals surface area contributed by atoms with Crippen molar-refractivity contribution in [1.29, 1.82) is 0 Å². The van der Waals surface area contributed by atoms with E-state index >= 15 is 0 Å². The number of rotatable bonds is 4. The van der Waals surface area contributed by atoms with Crippen LogP contribution in [0.5, 0.6) is 5.75 Å². The number of hydrogen-bond donors (Lipinski definition) is 1. The van der Waals surface area contributed by atoms with Crippen LogP contribution in [0.3, 0.4) is 0 Å². The lowest BCUT2D eigenvalue weighted by molar-refractivity contribution is -0.115. The highest BCUT2D eigenvalue weighted by atomic mass is 79.9. The number of aliphatic imine (C=N–C) groups is 1. The van der Waals surface area contributed by atoms with Crippen LogP contribution in [0.25, 0.3) is 6.08 Å². The van der Waals surface area contributed by atoms with E-state index in [1.54, 1.807) is 30.3 Å². The fourth-order valence-corrected chi connectivity index (χ4v) is 4.57. The van der Waals surface area contributed by atoms with Gasteiger partial charge in [-0.25, -0.2) is 4.99 Å². The van der Waals surface area contributed by atoms with E-state index in [0.29, 0.717) is 27.5 Å². The lowest BCUT2D eigenvalue weighted by Crippen LogP contribution is -2.19. The lowest BCUT2D eigenvalue weighted by Gasteiger charge is -2.10. The summed E-state index contributed by atoms with van der Waals surface area (Å²) in [5.74, 6) is 0.501. The molecule has 0 aromatic heterocycles. The van der Waals surface area contributed by atoms with Crippen LogP contribution in [-0.2, 0) is 4.79 Å². The molecule has 26 heavy (non-hydrogen) atoms. The van der Waals surface area contributed by atoms with E-state index in [2.05, 4.69) is 42.2 Å². The van der Waals surface area contributed by atoms with Gasteiger partial charge in [0.2, 0.25) is 0 Å². The zero-order valence-corrected chi connectivity index (χ0v) is 18.3. The van der Waals surface area contributed by atoms with Gasteiger partial charge < -0.3 is 10.1 Å². The molecule has 1 fully saturated rings. The number of nitrogens with one attached hydrogen (secondary N) is 1. The number of carbonyl (C=O) groups excluding carboxylic acids is 1. The van der Waals surface area contributed by atoms with Crippen LogP contribution in [-0.4, -0.2) is 17.7 Å². The molecule has 8 heteroatoms. The van der Waals surface area contributed by atoms with Gasteiger partial charge in [0.15, 0.2) is 5.17 Å². The molecular formula is C18H13Br2ClN2O2S. The average molecular weight is 517 g/mol. The maximum Gasteiger partial charge on any atom is 0.264 e. The van der Waals surface area contributed by atoms with E-state index in [0.717, 1.165) is 20.2 Å². The van der Waals surface area contributed by atoms with Gasteiger partial charge in [0.25, 0.3) is 5.91 Å². The molecule has 0 saturated carbocycles. The first-order chi connectivity index (χ1) is 12.5. The Hall–Kier alpha value is -1.28. The number of benzene rings is 2. The SMILES string of the molecule is CCOc1c(Br)cc(Br)cc1/C=C1\SC(=Nc2ccc(Cl)cc2)NC1=O. The summed E-state index contributed by atoms with van der Waals surface area (Å²) in [5, 5.41) is 3.94. The van der Waals surface area contributed by atoms with E-state index in [1.165, 1.54) is 11.8 Å². The Morgan fingerprint density at radius 2 is 2.00 bits per heavy atom. The predicted molar refractivity (Wildman–Crippen MR) is 115 cm³/mol. The summed E-state index contributed by atoms with van der Waals surface area (Å²) in [6.45, 7) is 2.44. The largest absolute Gasteiger partial charge is 0.492 e. The molecule has 0 spiro atoms. The van der Waals surface area contributed by atoms with Gasteiger partial charge in [-0.05, 0) is 77.1 Å². The van der Waals surface area contributed by atoms with Crippen molar-refractivity contribution >= 4 is 78.1 Å². The highest BCUT2D eigenvalue weighted by Crippen LogP contribution is 2.36. The quantitative estimate of drug-likeness (QED) is 0.496. The number of nitrogens with zero attached hydrogens (tertiary/aromatic N) is 1. The molecule has 1 saturated heterocycles. The first-order valence-corrected chi connectivity index (χ1v) is 10.4. The van der Waals surface area contributed by atoms with Crippen LogP contribution >= 0.6 is 55.2 Å². The van der Waals surface area contributed by atoms with Crippen LogP contribution in [0.15, 0.2) is 55.2 Å². The minimum Gasteiger partial charge on any atom is -0.492 e. The Morgan fingerprint density at radius 1 is 1.27 bits per heavy atom. The summed E-state index contributed by atoms with van der Waals surface area (Å²) >= 11 is 14.1. The summed E-state index contributed by atoms with van der Waals surface area (Å²) in [4.78, 5) is 17.3. The number of amidine groups is 1. The van der Waals surface area contributed by atoms with Gasteiger partial charge in [0.05, 0.1) is 21.7 Å².